The first-order valence-electron chi connectivity index (χ1n) is 8.10. The summed E-state index contributed by atoms with van der Waals surface area (Å²) in [5, 5.41) is 3.22. The van der Waals surface area contributed by atoms with Crippen molar-refractivity contribution in [3.63, 3.8) is 0 Å². The first-order valence-corrected chi connectivity index (χ1v) is 10.6. The summed E-state index contributed by atoms with van der Waals surface area (Å²) < 4.78 is 37.2. The van der Waals surface area contributed by atoms with E-state index in [2.05, 4.69) is 17.2 Å². The number of carbonyl (C=O) groups is 1. The van der Waals surface area contributed by atoms with Crippen molar-refractivity contribution in [2.75, 3.05) is 11.1 Å². The second-order valence-electron chi connectivity index (χ2n) is 6.31. The van der Waals surface area contributed by atoms with Gasteiger partial charge in [0, 0.05) is 11.3 Å². The first-order chi connectivity index (χ1) is 11.8. The minimum atomic E-state index is -3.62. The van der Waals surface area contributed by atoms with Crippen LogP contribution in [0, 0.1) is 11.7 Å². The molecule has 1 atom stereocenters. The fraction of sp³-hybridized carbons (Fsp3) is 0.412. The molecule has 1 aliphatic carbocycles. The topological polar surface area (TPSA) is 76.1 Å². The molecule has 0 aliphatic heterocycles. The Labute approximate surface area is 150 Å². The van der Waals surface area contributed by atoms with Crippen molar-refractivity contribution in [3.8, 4) is 0 Å². The van der Waals surface area contributed by atoms with Gasteiger partial charge in [-0.1, -0.05) is 6.92 Å². The van der Waals surface area contributed by atoms with Gasteiger partial charge in [0.15, 0.2) is 15.0 Å². The van der Waals surface area contributed by atoms with Crippen LogP contribution < -0.4 is 5.32 Å². The third-order valence-corrected chi connectivity index (χ3v) is 6.97. The van der Waals surface area contributed by atoms with Crippen LogP contribution in [0.2, 0.25) is 0 Å². The number of hydrogen-bond donors (Lipinski definition) is 1. The number of halogens is 1. The first kappa shape index (κ1) is 18.0. The Hall–Kier alpha value is -1.80. The Balaban J connectivity index is 1.59. The normalized spacial score (nSPS) is 17.1. The van der Waals surface area contributed by atoms with E-state index in [9.17, 15) is 17.6 Å². The van der Waals surface area contributed by atoms with Crippen LogP contribution >= 0.6 is 11.3 Å². The molecular formula is C17H19FN2O3S2. The van der Waals surface area contributed by atoms with E-state index in [-0.39, 0.29) is 23.0 Å². The molecule has 0 saturated carbocycles. The summed E-state index contributed by atoms with van der Waals surface area (Å²) in [4.78, 5) is 17.7. The zero-order chi connectivity index (χ0) is 18.0. The maximum Gasteiger partial charge on any atom is 0.227 e. The quantitative estimate of drug-likeness (QED) is 0.806. The number of nitrogens with zero attached hydrogens (tertiary/aromatic N) is 1. The Morgan fingerprint density at radius 1 is 1.36 bits per heavy atom. The van der Waals surface area contributed by atoms with Gasteiger partial charge in [-0.15, -0.1) is 11.3 Å². The van der Waals surface area contributed by atoms with Crippen LogP contribution in [0.25, 0.3) is 0 Å². The van der Waals surface area contributed by atoms with E-state index in [1.807, 2.05) is 0 Å². The largest absolute Gasteiger partial charge is 0.302 e. The van der Waals surface area contributed by atoms with Crippen molar-refractivity contribution < 1.29 is 17.6 Å². The van der Waals surface area contributed by atoms with E-state index >= 15 is 0 Å². The number of benzene rings is 1. The van der Waals surface area contributed by atoms with Gasteiger partial charge in [0.25, 0.3) is 0 Å². The molecule has 0 fully saturated rings. The molecule has 134 valence electrons. The lowest BCUT2D eigenvalue weighted by Gasteiger charge is -2.15. The predicted octanol–water partition coefficient (Wildman–Crippen LogP) is 3.21. The van der Waals surface area contributed by atoms with Crippen LogP contribution in [0.4, 0.5) is 9.52 Å². The van der Waals surface area contributed by atoms with Gasteiger partial charge in [-0.05, 0) is 49.4 Å². The lowest BCUT2D eigenvalue weighted by atomic mass is 9.93. The van der Waals surface area contributed by atoms with Crippen LogP contribution in [-0.4, -0.2) is 25.1 Å². The monoisotopic (exact) mass is 382 g/mol. The summed E-state index contributed by atoms with van der Waals surface area (Å²) in [6, 6.07) is 4.60. The summed E-state index contributed by atoms with van der Waals surface area (Å²) in [5.41, 5.74) is 1.04. The molecule has 1 heterocycles. The summed E-state index contributed by atoms with van der Waals surface area (Å²) in [6.45, 7) is 2.20. The lowest BCUT2D eigenvalue weighted by molar-refractivity contribution is -0.115. The molecule has 3 rings (SSSR count). The molecule has 1 amide bonds. The maximum absolute atomic E-state index is 12.9. The number of thiazole rings is 1. The zero-order valence-corrected chi connectivity index (χ0v) is 15.4. The van der Waals surface area contributed by atoms with Gasteiger partial charge in [0.2, 0.25) is 5.91 Å². The third-order valence-electron chi connectivity index (χ3n) is 4.20. The summed E-state index contributed by atoms with van der Waals surface area (Å²) in [5.74, 6) is -0.590. The molecule has 1 N–H and O–H groups in total. The van der Waals surface area contributed by atoms with Crippen molar-refractivity contribution in [1.29, 1.82) is 0 Å². The highest BCUT2D eigenvalue weighted by molar-refractivity contribution is 7.91. The Morgan fingerprint density at radius 2 is 2.08 bits per heavy atom. The third kappa shape index (κ3) is 4.43. The van der Waals surface area contributed by atoms with Gasteiger partial charge in [-0.3, -0.25) is 4.79 Å². The van der Waals surface area contributed by atoms with Crippen molar-refractivity contribution >= 4 is 32.2 Å². The summed E-state index contributed by atoms with van der Waals surface area (Å²) >= 11 is 1.46. The number of hydrogen-bond acceptors (Lipinski definition) is 5. The summed E-state index contributed by atoms with van der Waals surface area (Å²) in [7, 11) is -3.62. The van der Waals surface area contributed by atoms with Gasteiger partial charge < -0.3 is 5.32 Å². The average Bonchev–Trinajstić information content (AvgIpc) is 2.94. The number of carbonyl (C=O) groups excluding carboxylic acids is 1. The number of sulfone groups is 1. The fourth-order valence-corrected chi connectivity index (χ4v) is 5.19. The molecule has 0 unspecified atom stereocenters. The second kappa shape index (κ2) is 7.21. The minimum absolute atomic E-state index is 0.0143. The molecule has 25 heavy (non-hydrogen) atoms. The van der Waals surface area contributed by atoms with Gasteiger partial charge in [0.1, 0.15) is 5.82 Å². The average molecular weight is 382 g/mol. The fourth-order valence-electron chi connectivity index (χ4n) is 2.76. The number of aryl methyl sites for hydroxylation is 1. The van der Waals surface area contributed by atoms with Gasteiger partial charge in [0.05, 0.1) is 16.3 Å². The zero-order valence-electron chi connectivity index (χ0n) is 13.8. The van der Waals surface area contributed by atoms with Crippen LogP contribution in [0.1, 0.15) is 30.3 Å². The predicted molar refractivity (Wildman–Crippen MR) is 95.0 cm³/mol. The van der Waals surface area contributed by atoms with Crippen LogP contribution in [-0.2, 0) is 27.5 Å². The van der Waals surface area contributed by atoms with Crippen molar-refractivity contribution in [3.05, 3.63) is 40.7 Å². The van der Waals surface area contributed by atoms with Crippen LogP contribution in [0.15, 0.2) is 29.2 Å². The molecule has 1 aromatic carbocycles. The number of anilines is 1. The van der Waals surface area contributed by atoms with E-state index < -0.39 is 15.7 Å². The van der Waals surface area contributed by atoms with Crippen molar-refractivity contribution in [1.82, 2.24) is 4.98 Å². The minimum Gasteiger partial charge on any atom is -0.302 e. The van der Waals surface area contributed by atoms with Crippen LogP contribution in [0.5, 0.6) is 0 Å². The highest BCUT2D eigenvalue weighted by Crippen LogP contribution is 2.32. The van der Waals surface area contributed by atoms with E-state index in [1.165, 1.54) is 28.3 Å². The number of rotatable bonds is 5. The van der Waals surface area contributed by atoms with Gasteiger partial charge in [-0.2, -0.15) is 0 Å². The summed E-state index contributed by atoms with van der Waals surface area (Å²) in [6.07, 6.45) is 2.82. The molecule has 0 bridgehead atoms. The highest BCUT2D eigenvalue weighted by Gasteiger charge is 2.21. The number of aromatic nitrogens is 1. The Kier molecular flexibility index (Phi) is 5.19. The molecule has 5 nitrogen and oxygen atoms in total. The number of nitrogens with one attached hydrogen (secondary N) is 1. The van der Waals surface area contributed by atoms with E-state index in [0.717, 1.165) is 37.1 Å². The molecular weight excluding hydrogens is 363 g/mol. The molecule has 0 spiro atoms. The standard InChI is InChI=1S/C17H19FN2O3S2/c1-11-2-7-14-15(10-11)24-17(19-14)20-16(21)8-9-25(22,23)13-5-3-12(18)4-6-13/h3-6,11H,2,7-10H2,1H3,(H,19,20,21)/t11-/m0/s1. The van der Waals surface area contributed by atoms with E-state index in [4.69, 9.17) is 0 Å². The number of amides is 1. The highest BCUT2D eigenvalue weighted by atomic mass is 32.2. The Morgan fingerprint density at radius 3 is 2.80 bits per heavy atom. The van der Waals surface area contributed by atoms with Gasteiger partial charge >= 0.3 is 0 Å². The second-order valence-corrected chi connectivity index (χ2v) is 9.50. The Bertz CT molecular complexity index is 876. The molecule has 0 radical (unpaired) electrons. The molecule has 2 aromatic rings. The number of fused-ring (bicyclic) bond motifs is 1. The lowest BCUT2D eigenvalue weighted by Crippen LogP contribution is -2.17. The molecule has 1 aliphatic rings. The molecule has 1 aromatic heterocycles. The van der Waals surface area contributed by atoms with Gasteiger partial charge in [-0.25, -0.2) is 17.8 Å². The molecule has 8 heteroatoms. The van der Waals surface area contributed by atoms with E-state index in [0.29, 0.717) is 11.0 Å². The SMILES string of the molecule is C[C@H]1CCc2nc(NC(=O)CCS(=O)(=O)c3ccc(F)cc3)sc2C1. The van der Waals surface area contributed by atoms with Crippen LogP contribution in [0.3, 0.4) is 0 Å². The smallest absolute Gasteiger partial charge is 0.227 e. The van der Waals surface area contributed by atoms with Crippen molar-refractivity contribution in [2.45, 2.75) is 37.5 Å². The molecule has 0 saturated heterocycles. The maximum atomic E-state index is 12.9. The van der Waals surface area contributed by atoms with E-state index in [1.54, 1.807) is 0 Å². The van der Waals surface area contributed by atoms with Crippen molar-refractivity contribution in [2.24, 2.45) is 5.92 Å².